The van der Waals surface area contributed by atoms with Crippen molar-refractivity contribution in [2.45, 2.75) is 26.3 Å². The molecule has 0 unspecified atom stereocenters. The van der Waals surface area contributed by atoms with Crippen molar-refractivity contribution in [1.82, 2.24) is 5.32 Å². The van der Waals surface area contributed by atoms with Gasteiger partial charge in [-0.3, -0.25) is 14.9 Å². The molecule has 1 aromatic carbocycles. The van der Waals surface area contributed by atoms with Gasteiger partial charge in [-0.25, -0.2) is 9.18 Å². The Hall–Kier alpha value is -2.51. The van der Waals surface area contributed by atoms with Gasteiger partial charge in [-0.1, -0.05) is 20.3 Å². The number of nitro benzene ring substituents is 1. The highest BCUT2D eigenvalue weighted by molar-refractivity contribution is 5.97. The molecule has 2 atom stereocenters. The third kappa shape index (κ3) is 3.98. The Morgan fingerprint density at radius 1 is 1.48 bits per heavy atom. The highest BCUT2D eigenvalue weighted by Gasteiger charge is 2.27. The number of rotatable bonds is 6. The molecule has 2 N–H and O–H groups in total. The Morgan fingerprint density at radius 2 is 2.10 bits per heavy atom. The largest absolute Gasteiger partial charge is 0.480 e. The van der Waals surface area contributed by atoms with Crippen molar-refractivity contribution in [3.8, 4) is 0 Å². The maximum Gasteiger partial charge on any atom is 0.326 e. The van der Waals surface area contributed by atoms with Crippen LogP contribution < -0.4 is 5.32 Å². The number of carbonyl (C=O) groups excluding carboxylic acids is 1. The van der Waals surface area contributed by atoms with Crippen LogP contribution in [0.25, 0.3) is 0 Å². The molecule has 0 aliphatic rings. The number of carboxylic acid groups (broad SMARTS) is 1. The summed E-state index contributed by atoms with van der Waals surface area (Å²) in [7, 11) is 0. The van der Waals surface area contributed by atoms with Crippen molar-refractivity contribution in [2.24, 2.45) is 5.92 Å². The smallest absolute Gasteiger partial charge is 0.326 e. The number of benzene rings is 1. The first kappa shape index (κ1) is 16.5. The van der Waals surface area contributed by atoms with Crippen LogP contribution in [0.15, 0.2) is 18.2 Å². The number of carbonyl (C=O) groups is 2. The van der Waals surface area contributed by atoms with E-state index in [4.69, 9.17) is 5.11 Å². The molecule has 0 aliphatic carbocycles. The summed E-state index contributed by atoms with van der Waals surface area (Å²) >= 11 is 0. The summed E-state index contributed by atoms with van der Waals surface area (Å²) in [5.74, 6) is -3.56. The van der Waals surface area contributed by atoms with Crippen LogP contribution in [-0.4, -0.2) is 27.9 Å². The molecule has 1 aromatic rings. The van der Waals surface area contributed by atoms with E-state index in [0.717, 1.165) is 12.1 Å². The molecule has 0 aliphatic heterocycles. The van der Waals surface area contributed by atoms with Gasteiger partial charge >= 0.3 is 5.97 Å². The van der Waals surface area contributed by atoms with Crippen LogP contribution in [-0.2, 0) is 4.79 Å². The van der Waals surface area contributed by atoms with Gasteiger partial charge in [-0.15, -0.1) is 0 Å². The van der Waals surface area contributed by atoms with Crippen molar-refractivity contribution >= 4 is 17.6 Å². The predicted octanol–water partition coefficient (Wildman–Crippen LogP) is 1.96. The minimum Gasteiger partial charge on any atom is -0.480 e. The van der Waals surface area contributed by atoms with E-state index in [1.165, 1.54) is 0 Å². The van der Waals surface area contributed by atoms with Gasteiger partial charge in [0.2, 0.25) is 0 Å². The average molecular weight is 298 g/mol. The first-order valence-electron chi connectivity index (χ1n) is 6.25. The fourth-order valence-electron chi connectivity index (χ4n) is 1.70. The lowest BCUT2D eigenvalue weighted by Crippen LogP contribution is -2.45. The molecule has 0 spiro atoms. The summed E-state index contributed by atoms with van der Waals surface area (Å²) in [6.45, 7) is 3.41. The van der Waals surface area contributed by atoms with Crippen LogP contribution in [0.2, 0.25) is 0 Å². The van der Waals surface area contributed by atoms with E-state index in [1.807, 2.05) is 0 Å². The molecular formula is C13H15FN2O5. The van der Waals surface area contributed by atoms with Gasteiger partial charge in [-0.2, -0.15) is 0 Å². The topological polar surface area (TPSA) is 110 Å². The molecule has 0 fully saturated rings. The lowest BCUT2D eigenvalue weighted by Gasteiger charge is -2.20. The number of amides is 1. The summed E-state index contributed by atoms with van der Waals surface area (Å²) in [4.78, 5) is 32.7. The van der Waals surface area contributed by atoms with Crippen LogP contribution in [0.4, 0.5) is 10.1 Å². The predicted molar refractivity (Wildman–Crippen MR) is 71.4 cm³/mol. The molecule has 0 saturated heterocycles. The van der Waals surface area contributed by atoms with Crippen molar-refractivity contribution < 1.29 is 24.0 Å². The fourth-order valence-corrected chi connectivity index (χ4v) is 1.70. The summed E-state index contributed by atoms with van der Waals surface area (Å²) < 4.78 is 13.7. The average Bonchev–Trinajstić information content (AvgIpc) is 2.42. The van der Waals surface area contributed by atoms with E-state index in [-0.39, 0.29) is 5.92 Å². The van der Waals surface area contributed by atoms with Crippen LogP contribution in [0.5, 0.6) is 0 Å². The maximum absolute atomic E-state index is 13.7. The molecule has 1 amide bonds. The van der Waals surface area contributed by atoms with E-state index in [1.54, 1.807) is 13.8 Å². The minimum absolute atomic E-state index is 0.340. The molecule has 0 bridgehead atoms. The standard InChI is InChI=1S/C13H15FN2O5/c1-3-7(2)11(13(18)19)15-12(17)9-5-4-8(16(20)21)6-10(9)14/h4-7,11H,3H2,1-2H3,(H,15,17)(H,18,19)/t7-,11-/m0/s1. The van der Waals surface area contributed by atoms with Crippen molar-refractivity contribution in [2.75, 3.05) is 0 Å². The van der Waals surface area contributed by atoms with Gasteiger partial charge in [0.05, 0.1) is 16.6 Å². The zero-order valence-corrected chi connectivity index (χ0v) is 11.5. The summed E-state index contributed by atoms with van der Waals surface area (Å²) in [5.41, 5.74) is -0.920. The molecular weight excluding hydrogens is 283 g/mol. The highest BCUT2D eigenvalue weighted by atomic mass is 19.1. The van der Waals surface area contributed by atoms with Gasteiger partial charge in [0, 0.05) is 6.07 Å². The van der Waals surface area contributed by atoms with Gasteiger partial charge in [0.1, 0.15) is 11.9 Å². The normalized spacial score (nSPS) is 13.3. The number of aliphatic carboxylic acids is 1. The lowest BCUT2D eigenvalue weighted by atomic mass is 9.99. The summed E-state index contributed by atoms with van der Waals surface area (Å²) in [6, 6.07) is 1.40. The third-order valence-electron chi connectivity index (χ3n) is 3.17. The van der Waals surface area contributed by atoms with Crippen LogP contribution in [0.3, 0.4) is 0 Å². The van der Waals surface area contributed by atoms with Gasteiger partial charge < -0.3 is 10.4 Å². The quantitative estimate of drug-likeness (QED) is 0.616. The Morgan fingerprint density at radius 3 is 2.52 bits per heavy atom. The number of hydrogen-bond donors (Lipinski definition) is 2. The Kier molecular flexibility index (Phi) is 5.34. The van der Waals surface area contributed by atoms with E-state index < -0.39 is 39.9 Å². The molecule has 21 heavy (non-hydrogen) atoms. The highest BCUT2D eigenvalue weighted by Crippen LogP contribution is 2.17. The molecule has 0 radical (unpaired) electrons. The second-order valence-corrected chi connectivity index (χ2v) is 4.60. The third-order valence-corrected chi connectivity index (χ3v) is 3.17. The second-order valence-electron chi connectivity index (χ2n) is 4.60. The number of nitrogens with zero attached hydrogens (tertiary/aromatic N) is 1. The van der Waals surface area contributed by atoms with E-state index in [0.29, 0.717) is 12.5 Å². The number of halogens is 1. The van der Waals surface area contributed by atoms with Crippen molar-refractivity contribution in [1.29, 1.82) is 0 Å². The zero-order chi connectivity index (χ0) is 16.2. The molecule has 0 heterocycles. The molecule has 114 valence electrons. The Bertz CT molecular complexity index is 576. The fraction of sp³-hybridized carbons (Fsp3) is 0.385. The number of carboxylic acids is 1. The molecule has 0 saturated carbocycles. The van der Waals surface area contributed by atoms with Gasteiger partial charge in [0.25, 0.3) is 11.6 Å². The molecule has 7 nitrogen and oxygen atoms in total. The molecule has 1 rings (SSSR count). The monoisotopic (exact) mass is 298 g/mol. The first-order chi connectivity index (χ1) is 9.77. The molecule has 8 heteroatoms. The van der Waals surface area contributed by atoms with Crippen molar-refractivity contribution in [3.05, 3.63) is 39.7 Å². The van der Waals surface area contributed by atoms with E-state index in [2.05, 4.69) is 5.32 Å². The minimum atomic E-state index is -1.22. The van der Waals surface area contributed by atoms with E-state index >= 15 is 0 Å². The van der Waals surface area contributed by atoms with Crippen LogP contribution in [0, 0.1) is 21.8 Å². The number of nitro groups is 1. The maximum atomic E-state index is 13.7. The van der Waals surface area contributed by atoms with Gasteiger partial charge in [-0.05, 0) is 12.0 Å². The molecule has 0 aromatic heterocycles. The number of nitrogens with one attached hydrogen (secondary N) is 1. The Balaban J connectivity index is 2.98. The van der Waals surface area contributed by atoms with Crippen molar-refractivity contribution in [3.63, 3.8) is 0 Å². The SMILES string of the molecule is CC[C@H](C)[C@H](NC(=O)c1ccc([N+](=O)[O-])cc1F)C(=O)O. The lowest BCUT2D eigenvalue weighted by molar-refractivity contribution is -0.385. The van der Waals surface area contributed by atoms with E-state index in [9.17, 15) is 24.1 Å². The van der Waals surface area contributed by atoms with Crippen LogP contribution >= 0.6 is 0 Å². The number of hydrogen-bond acceptors (Lipinski definition) is 4. The first-order valence-corrected chi connectivity index (χ1v) is 6.25. The second kappa shape index (κ2) is 6.78. The van der Waals surface area contributed by atoms with Crippen LogP contribution in [0.1, 0.15) is 30.6 Å². The summed E-state index contributed by atoms with van der Waals surface area (Å²) in [6.07, 6.45) is 0.514. The summed E-state index contributed by atoms with van der Waals surface area (Å²) in [5, 5.41) is 21.8. The Labute approximate surface area is 119 Å². The number of non-ortho nitro benzene ring substituents is 1. The zero-order valence-electron chi connectivity index (χ0n) is 11.5. The van der Waals surface area contributed by atoms with Gasteiger partial charge in [0.15, 0.2) is 0 Å².